The number of phenols is 1. The summed E-state index contributed by atoms with van der Waals surface area (Å²) in [4.78, 5) is 34.5. The lowest BCUT2D eigenvalue weighted by molar-refractivity contribution is 0.0230. The Morgan fingerprint density at radius 2 is 0.783 bits per heavy atom. The molecule has 2 N–H and O–H groups in total. The number of hydrogen-bond donors (Lipinski definition) is 2. The molecule has 69 heavy (non-hydrogen) atoms. The molecule has 3 heterocycles. The molecule has 3 aliphatic heterocycles. The first kappa shape index (κ1) is 51.8. The molecule has 0 radical (unpaired) electrons. The second-order valence-corrected chi connectivity index (χ2v) is 19.7. The molecule has 8 rings (SSSR count). The number of benzene rings is 5. The highest BCUT2D eigenvalue weighted by molar-refractivity contribution is 5.69. The topological polar surface area (TPSA) is 120 Å². The third-order valence-electron chi connectivity index (χ3n) is 11.7. The molecule has 13 heteroatoms. The molecule has 2 amide bonds. The largest absolute Gasteiger partial charge is 0.508 e. The molecule has 0 bridgehead atoms. The first-order chi connectivity index (χ1) is 33.0. The summed E-state index contributed by atoms with van der Waals surface area (Å²) in [5.41, 5.74) is 7.46. The summed E-state index contributed by atoms with van der Waals surface area (Å²) in [7, 11) is 0. The fourth-order valence-electron chi connectivity index (χ4n) is 7.74. The third kappa shape index (κ3) is 17.5. The number of amides is 2. The van der Waals surface area contributed by atoms with Crippen LogP contribution in [0.4, 0.5) is 26.7 Å². The van der Waals surface area contributed by atoms with Crippen LogP contribution in [0.25, 0.3) is 0 Å². The van der Waals surface area contributed by atoms with E-state index >= 15 is 0 Å². The Balaban J connectivity index is 0.000000173. The highest BCUT2D eigenvalue weighted by Crippen LogP contribution is 2.24. The zero-order valence-electron chi connectivity index (χ0n) is 42.1. The van der Waals surface area contributed by atoms with Crippen molar-refractivity contribution in [3.05, 3.63) is 144 Å². The van der Waals surface area contributed by atoms with Crippen molar-refractivity contribution in [2.75, 3.05) is 93.2 Å². The number of rotatable bonds is 9. The van der Waals surface area contributed by atoms with Gasteiger partial charge in [-0.15, -0.1) is 0 Å². The third-order valence-corrected chi connectivity index (χ3v) is 11.7. The molecule has 5 aromatic rings. The summed E-state index contributed by atoms with van der Waals surface area (Å²) in [6.07, 6.45) is -0.477. The summed E-state index contributed by atoms with van der Waals surface area (Å²) in [5, 5.41) is 12.7. The minimum absolute atomic E-state index is 0.230. The molecule has 5 aromatic carbocycles. The van der Waals surface area contributed by atoms with Gasteiger partial charge in [0.05, 0.1) is 0 Å². The van der Waals surface area contributed by atoms with Gasteiger partial charge in [0.1, 0.15) is 41.7 Å². The number of aromatic hydroxyl groups is 1. The fraction of sp³-hybridized carbons (Fsp3) is 0.429. The van der Waals surface area contributed by atoms with Crippen molar-refractivity contribution in [2.45, 2.75) is 79.8 Å². The van der Waals surface area contributed by atoms with E-state index in [1.807, 2.05) is 65.8 Å². The number of nitrogens with one attached hydrogen (secondary N) is 1. The van der Waals surface area contributed by atoms with Crippen LogP contribution in [0.3, 0.4) is 0 Å². The Morgan fingerprint density at radius 1 is 0.464 bits per heavy atom. The van der Waals surface area contributed by atoms with Crippen LogP contribution in [0.5, 0.6) is 17.2 Å². The lowest BCUT2D eigenvalue weighted by Gasteiger charge is -2.36. The number of carbonyl (C=O) groups excluding carboxylic acids is 2. The van der Waals surface area contributed by atoms with Gasteiger partial charge in [0.2, 0.25) is 0 Å². The van der Waals surface area contributed by atoms with Crippen LogP contribution < -0.4 is 29.5 Å². The van der Waals surface area contributed by atoms with Crippen molar-refractivity contribution in [1.82, 2.24) is 15.1 Å². The van der Waals surface area contributed by atoms with Crippen LogP contribution in [0.2, 0.25) is 0 Å². The second-order valence-electron chi connectivity index (χ2n) is 19.7. The SMILES string of the molecule is CC(C)(C)OC(=O)N1CCN(c2ccc(O)cc2)CC1.Cc1ccc(COc2ccc(N3CCN(C(=O)OC(C)(C)C)CC3)cc2)cc1.Cc1ccc(COc2ccc(N3CCNCC3)cc2)cc1. The summed E-state index contributed by atoms with van der Waals surface area (Å²) >= 11 is 0. The van der Waals surface area contributed by atoms with Crippen LogP contribution in [-0.4, -0.2) is 117 Å². The summed E-state index contributed by atoms with van der Waals surface area (Å²) < 4.78 is 22.5. The summed E-state index contributed by atoms with van der Waals surface area (Å²) in [6.45, 7) is 26.7. The van der Waals surface area contributed by atoms with Gasteiger partial charge in [0, 0.05) is 95.6 Å². The highest BCUT2D eigenvalue weighted by atomic mass is 16.6. The average Bonchev–Trinajstić information content (AvgIpc) is 3.34. The highest BCUT2D eigenvalue weighted by Gasteiger charge is 2.27. The minimum atomic E-state index is -0.456. The molecule has 0 saturated carbocycles. The Morgan fingerprint density at radius 3 is 1.12 bits per heavy atom. The second kappa shape index (κ2) is 24.6. The predicted octanol–water partition coefficient (Wildman–Crippen LogP) is 10.1. The molecule has 0 aliphatic carbocycles. The van der Waals surface area contributed by atoms with Gasteiger partial charge in [0.15, 0.2) is 0 Å². The van der Waals surface area contributed by atoms with Crippen LogP contribution in [0.1, 0.15) is 63.8 Å². The number of nitrogens with zero attached hydrogens (tertiary/aromatic N) is 5. The zero-order chi connectivity index (χ0) is 49.4. The van der Waals surface area contributed by atoms with Crippen LogP contribution in [0, 0.1) is 13.8 Å². The molecule has 0 aromatic heterocycles. The smallest absolute Gasteiger partial charge is 0.410 e. The van der Waals surface area contributed by atoms with E-state index in [0.717, 1.165) is 80.8 Å². The standard InChI is InChI=1S/C23H30N2O3.C18H22N2O.C15H22N2O3/c1-18-5-7-19(8-6-18)17-27-21-11-9-20(10-12-21)24-13-15-25(16-14-24)22(26)28-23(2,3)4;1-15-2-4-16(5-3-15)14-21-18-8-6-17(7-9-18)20-12-10-19-11-13-20;1-15(2,3)20-14(19)17-10-8-16(9-11-17)12-4-6-13(18)7-5-12/h5-12H,13-17H2,1-4H3;2-9,19H,10-14H2,1H3;4-7,18H,8-11H2,1-3H3. The maximum absolute atomic E-state index is 12.2. The van der Waals surface area contributed by atoms with Gasteiger partial charge in [-0.25, -0.2) is 9.59 Å². The van der Waals surface area contributed by atoms with Gasteiger partial charge in [-0.3, -0.25) is 0 Å². The summed E-state index contributed by atoms with van der Waals surface area (Å²) in [6, 6.07) is 40.5. The number of anilines is 3. The van der Waals surface area contributed by atoms with Gasteiger partial charge in [-0.2, -0.15) is 0 Å². The van der Waals surface area contributed by atoms with Gasteiger partial charge in [0.25, 0.3) is 0 Å². The maximum Gasteiger partial charge on any atom is 0.410 e. The monoisotopic (exact) mass is 943 g/mol. The zero-order valence-corrected chi connectivity index (χ0v) is 42.1. The molecule has 3 saturated heterocycles. The van der Waals surface area contributed by atoms with Crippen LogP contribution in [0.15, 0.2) is 121 Å². The lowest BCUT2D eigenvalue weighted by Crippen LogP contribution is -2.50. The quantitative estimate of drug-likeness (QED) is 0.147. The molecular formula is C56H74N6O7. The van der Waals surface area contributed by atoms with E-state index in [1.165, 1.54) is 22.4 Å². The van der Waals surface area contributed by atoms with Crippen molar-refractivity contribution in [3.63, 3.8) is 0 Å². The first-order valence-corrected chi connectivity index (χ1v) is 24.2. The van der Waals surface area contributed by atoms with E-state index in [0.29, 0.717) is 39.4 Å². The van der Waals surface area contributed by atoms with Crippen LogP contribution >= 0.6 is 0 Å². The van der Waals surface area contributed by atoms with E-state index < -0.39 is 11.2 Å². The van der Waals surface area contributed by atoms with Crippen molar-refractivity contribution in [1.29, 1.82) is 0 Å². The molecule has 0 unspecified atom stereocenters. The number of phenolic OH excluding ortho intramolecular Hbond substituents is 1. The van der Waals surface area contributed by atoms with Gasteiger partial charge in [-0.1, -0.05) is 59.7 Å². The van der Waals surface area contributed by atoms with E-state index in [2.05, 4.69) is 119 Å². The van der Waals surface area contributed by atoms with Crippen molar-refractivity contribution in [2.24, 2.45) is 0 Å². The Kier molecular flexibility index (Phi) is 18.5. The predicted molar refractivity (Wildman–Crippen MR) is 277 cm³/mol. The molecule has 3 aliphatic rings. The number of aryl methyl sites for hydroxylation is 2. The Labute approximate surface area is 410 Å². The number of hydrogen-bond acceptors (Lipinski definition) is 11. The Hall–Kier alpha value is -6.60. The Bertz CT molecular complexity index is 2310. The summed E-state index contributed by atoms with van der Waals surface area (Å²) in [5.74, 6) is 2.05. The van der Waals surface area contributed by atoms with Crippen molar-refractivity contribution < 1.29 is 33.6 Å². The van der Waals surface area contributed by atoms with Crippen LogP contribution in [-0.2, 0) is 22.7 Å². The van der Waals surface area contributed by atoms with Crippen molar-refractivity contribution >= 4 is 29.2 Å². The van der Waals surface area contributed by atoms with E-state index in [9.17, 15) is 14.7 Å². The minimum Gasteiger partial charge on any atom is -0.508 e. The van der Waals surface area contributed by atoms with Crippen molar-refractivity contribution in [3.8, 4) is 17.2 Å². The van der Waals surface area contributed by atoms with E-state index in [4.69, 9.17) is 18.9 Å². The molecule has 13 nitrogen and oxygen atoms in total. The van der Waals surface area contributed by atoms with Gasteiger partial charge in [-0.05, 0) is 139 Å². The molecular weight excluding hydrogens is 869 g/mol. The average molecular weight is 943 g/mol. The molecule has 3 fully saturated rings. The lowest BCUT2D eigenvalue weighted by atomic mass is 10.2. The molecule has 370 valence electrons. The van der Waals surface area contributed by atoms with E-state index in [1.54, 1.807) is 21.9 Å². The molecule has 0 atom stereocenters. The fourth-order valence-corrected chi connectivity index (χ4v) is 7.74. The first-order valence-electron chi connectivity index (χ1n) is 24.2. The number of carbonyl (C=O) groups is 2. The van der Waals surface area contributed by atoms with Gasteiger partial charge >= 0.3 is 12.2 Å². The van der Waals surface area contributed by atoms with E-state index in [-0.39, 0.29) is 17.9 Å². The number of ether oxygens (including phenoxy) is 4. The van der Waals surface area contributed by atoms with Gasteiger partial charge < -0.3 is 53.9 Å². The maximum atomic E-state index is 12.2. The number of piperazine rings is 3. The normalized spacial score (nSPS) is 15.2. The molecule has 0 spiro atoms.